The van der Waals surface area contributed by atoms with E-state index < -0.39 is 0 Å². The number of ether oxygens (including phenoxy) is 1. The molecule has 3 aromatic heterocycles. The summed E-state index contributed by atoms with van der Waals surface area (Å²) in [6, 6.07) is 16.3. The van der Waals surface area contributed by atoms with Gasteiger partial charge in [0.2, 0.25) is 0 Å². The van der Waals surface area contributed by atoms with Crippen LogP contribution in [0.1, 0.15) is 0 Å². The molecule has 0 saturated heterocycles. The number of fused-ring (bicyclic) bond motifs is 1. The molecular formula is C21H20N4O. The van der Waals surface area contributed by atoms with Crippen molar-refractivity contribution in [3.8, 4) is 28.1 Å². The Morgan fingerprint density at radius 2 is 1.92 bits per heavy atom. The fourth-order valence-electron chi connectivity index (χ4n) is 3.07. The van der Waals surface area contributed by atoms with Crippen LogP contribution in [0.5, 0.6) is 5.75 Å². The van der Waals surface area contributed by atoms with Crippen molar-refractivity contribution in [3.05, 3.63) is 67.1 Å². The van der Waals surface area contributed by atoms with Crippen LogP contribution in [0.4, 0.5) is 0 Å². The third-order valence-electron chi connectivity index (χ3n) is 4.28. The normalized spacial score (nSPS) is 11.0. The number of likely N-dealkylation sites (N-methyl/N-ethyl adjacent to an activating group) is 1. The number of pyridine rings is 2. The summed E-state index contributed by atoms with van der Waals surface area (Å²) in [5.74, 6) is 0.756. The molecule has 0 fully saturated rings. The van der Waals surface area contributed by atoms with E-state index in [2.05, 4.69) is 32.4 Å². The highest BCUT2D eigenvalue weighted by Gasteiger charge is 2.18. The first-order valence-electron chi connectivity index (χ1n) is 8.62. The molecule has 2 N–H and O–H groups in total. The van der Waals surface area contributed by atoms with E-state index in [9.17, 15) is 0 Å². The van der Waals surface area contributed by atoms with Crippen LogP contribution in [0.3, 0.4) is 0 Å². The first-order chi connectivity index (χ1) is 12.9. The van der Waals surface area contributed by atoms with Crippen molar-refractivity contribution in [2.75, 3.05) is 20.2 Å². The molecule has 4 aromatic rings. The van der Waals surface area contributed by atoms with Crippen molar-refractivity contribution in [3.63, 3.8) is 0 Å². The molecule has 0 spiro atoms. The molecule has 4 rings (SSSR count). The molecule has 5 heteroatoms. The number of H-pyrrole nitrogens is 1. The van der Waals surface area contributed by atoms with E-state index in [0.29, 0.717) is 6.61 Å². The van der Waals surface area contributed by atoms with Gasteiger partial charge in [0.25, 0.3) is 0 Å². The second kappa shape index (κ2) is 7.37. The van der Waals surface area contributed by atoms with Crippen molar-refractivity contribution in [1.82, 2.24) is 20.3 Å². The summed E-state index contributed by atoms with van der Waals surface area (Å²) in [6.07, 6.45) is 5.37. The van der Waals surface area contributed by atoms with Gasteiger partial charge < -0.3 is 15.0 Å². The lowest BCUT2D eigenvalue weighted by atomic mass is 10.0. The fourth-order valence-corrected chi connectivity index (χ4v) is 3.07. The van der Waals surface area contributed by atoms with Gasteiger partial charge >= 0.3 is 0 Å². The van der Waals surface area contributed by atoms with Crippen LogP contribution in [-0.2, 0) is 0 Å². The van der Waals surface area contributed by atoms with E-state index in [4.69, 9.17) is 4.74 Å². The second-order valence-corrected chi connectivity index (χ2v) is 5.96. The van der Waals surface area contributed by atoms with Crippen LogP contribution in [0.2, 0.25) is 0 Å². The van der Waals surface area contributed by atoms with Crippen LogP contribution in [0.25, 0.3) is 33.4 Å². The molecule has 0 aliphatic rings. The summed E-state index contributed by atoms with van der Waals surface area (Å²) < 4.78 is 5.95. The Labute approximate surface area is 152 Å². The van der Waals surface area contributed by atoms with Gasteiger partial charge in [0.15, 0.2) is 0 Å². The van der Waals surface area contributed by atoms with Crippen molar-refractivity contribution in [1.29, 1.82) is 0 Å². The van der Waals surface area contributed by atoms with Gasteiger partial charge in [-0.25, -0.2) is 0 Å². The van der Waals surface area contributed by atoms with E-state index in [1.165, 1.54) is 0 Å². The average Bonchev–Trinajstić information content (AvgIpc) is 3.08. The van der Waals surface area contributed by atoms with Gasteiger partial charge in [-0.15, -0.1) is 0 Å². The molecule has 0 atom stereocenters. The van der Waals surface area contributed by atoms with Gasteiger partial charge in [-0.1, -0.05) is 30.3 Å². The largest absolute Gasteiger partial charge is 0.490 e. The predicted octanol–water partition coefficient (Wildman–Crippen LogP) is 3.89. The van der Waals surface area contributed by atoms with Gasteiger partial charge in [0.05, 0.1) is 22.9 Å². The van der Waals surface area contributed by atoms with E-state index in [-0.39, 0.29) is 0 Å². The molecule has 5 nitrogen and oxygen atoms in total. The molecule has 0 saturated carbocycles. The lowest BCUT2D eigenvalue weighted by Crippen LogP contribution is -2.16. The topological polar surface area (TPSA) is 62.8 Å². The van der Waals surface area contributed by atoms with Crippen LogP contribution < -0.4 is 10.1 Å². The van der Waals surface area contributed by atoms with E-state index in [1.54, 1.807) is 12.4 Å². The highest BCUT2D eigenvalue weighted by atomic mass is 16.5. The molecule has 3 heterocycles. The molecule has 0 radical (unpaired) electrons. The zero-order valence-corrected chi connectivity index (χ0v) is 14.6. The zero-order chi connectivity index (χ0) is 17.8. The Morgan fingerprint density at radius 3 is 2.77 bits per heavy atom. The summed E-state index contributed by atoms with van der Waals surface area (Å²) in [5, 5.41) is 3.09. The van der Waals surface area contributed by atoms with Gasteiger partial charge in [-0.3, -0.25) is 9.97 Å². The highest BCUT2D eigenvalue weighted by Crippen LogP contribution is 2.40. The molecule has 130 valence electrons. The molecule has 0 aliphatic heterocycles. The third-order valence-corrected chi connectivity index (χ3v) is 4.28. The van der Waals surface area contributed by atoms with Crippen LogP contribution in [0.15, 0.2) is 67.1 Å². The summed E-state index contributed by atoms with van der Waals surface area (Å²) >= 11 is 0. The summed E-state index contributed by atoms with van der Waals surface area (Å²) in [6.45, 7) is 1.35. The average molecular weight is 344 g/mol. The summed E-state index contributed by atoms with van der Waals surface area (Å²) in [5.41, 5.74) is 6.11. The monoisotopic (exact) mass is 344 g/mol. The van der Waals surface area contributed by atoms with Gasteiger partial charge in [-0.05, 0) is 30.8 Å². The van der Waals surface area contributed by atoms with E-state index >= 15 is 0 Å². The maximum absolute atomic E-state index is 5.95. The van der Waals surface area contributed by atoms with Crippen molar-refractivity contribution in [2.45, 2.75) is 0 Å². The number of nitrogens with zero attached hydrogens (tertiary/aromatic N) is 2. The highest BCUT2D eigenvalue weighted by molar-refractivity contribution is 6.02. The van der Waals surface area contributed by atoms with Crippen molar-refractivity contribution < 1.29 is 4.74 Å². The lowest BCUT2D eigenvalue weighted by Gasteiger charge is -2.12. The maximum atomic E-state index is 5.95. The lowest BCUT2D eigenvalue weighted by molar-refractivity contribution is 0.318. The first kappa shape index (κ1) is 16.3. The standard InChI is InChI=1S/C21H20N4O/c1-22-12-13-26-18-14-23-11-9-16(18)20-19(15-6-3-2-4-7-15)21-17(25-20)8-5-10-24-21/h2-11,14,22,25H,12-13H2,1H3. The number of aromatic amines is 1. The number of hydrogen-bond acceptors (Lipinski definition) is 4. The SMILES string of the molecule is CNCCOc1cnccc1-c1[nH]c2cccnc2c1-c1ccccc1. The van der Waals surface area contributed by atoms with Gasteiger partial charge in [0, 0.05) is 30.1 Å². The minimum Gasteiger partial charge on any atom is -0.490 e. The Hall–Kier alpha value is -3.18. The number of benzene rings is 1. The number of rotatable bonds is 6. The number of hydrogen-bond donors (Lipinski definition) is 2. The Kier molecular flexibility index (Phi) is 4.62. The number of nitrogens with one attached hydrogen (secondary N) is 2. The molecular weight excluding hydrogens is 324 g/mol. The quantitative estimate of drug-likeness (QED) is 0.521. The Morgan fingerprint density at radius 1 is 1.04 bits per heavy atom. The van der Waals surface area contributed by atoms with Crippen molar-refractivity contribution in [2.24, 2.45) is 0 Å². The zero-order valence-electron chi connectivity index (χ0n) is 14.6. The third kappa shape index (κ3) is 3.05. The van der Waals surface area contributed by atoms with Crippen LogP contribution in [-0.4, -0.2) is 35.2 Å². The summed E-state index contributed by atoms with van der Waals surface area (Å²) in [7, 11) is 1.91. The van der Waals surface area contributed by atoms with E-state index in [1.807, 2.05) is 49.6 Å². The molecule has 0 aliphatic carbocycles. The fraction of sp³-hybridized carbons (Fsp3) is 0.143. The van der Waals surface area contributed by atoms with Gasteiger partial charge in [0.1, 0.15) is 12.4 Å². The number of aromatic nitrogens is 3. The Balaban J connectivity index is 1.90. The van der Waals surface area contributed by atoms with Crippen LogP contribution in [0, 0.1) is 0 Å². The molecule has 1 aromatic carbocycles. The molecule has 26 heavy (non-hydrogen) atoms. The van der Waals surface area contributed by atoms with Crippen LogP contribution >= 0.6 is 0 Å². The molecule has 0 unspecified atom stereocenters. The molecule has 0 amide bonds. The van der Waals surface area contributed by atoms with Crippen molar-refractivity contribution >= 4 is 11.0 Å². The Bertz CT molecular complexity index is 1010. The second-order valence-electron chi connectivity index (χ2n) is 5.96. The van der Waals surface area contributed by atoms with E-state index in [0.717, 1.165) is 45.7 Å². The minimum absolute atomic E-state index is 0.578. The first-order valence-corrected chi connectivity index (χ1v) is 8.62. The predicted molar refractivity (Wildman–Crippen MR) is 104 cm³/mol. The molecule has 0 bridgehead atoms. The summed E-state index contributed by atoms with van der Waals surface area (Å²) in [4.78, 5) is 12.4. The smallest absolute Gasteiger partial charge is 0.146 e. The maximum Gasteiger partial charge on any atom is 0.146 e. The van der Waals surface area contributed by atoms with Gasteiger partial charge in [-0.2, -0.15) is 0 Å². The minimum atomic E-state index is 0.578.